The van der Waals surface area contributed by atoms with Gasteiger partial charge in [-0.1, -0.05) is 12.1 Å². The number of piperazine rings is 1. The highest BCUT2D eigenvalue weighted by Crippen LogP contribution is 2.23. The van der Waals surface area contributed by atoms with Crippen LogP contribution in [0, 0.1) is 10.1 Å². The minimum atomic E-state index is -3.58. The van der Waals surface area contributed by atoms with Gasteiger partial charge in [0.25, 0.3) is 15.9 Å². The van der Waals surface area contributed by atoms with E-state index in [4.69, 9.17) is 4.74 Å². The van der Waals surface area contributed by atoms with Crippen molar-refractivity contribution in [1.82, 2.24) is 13.5 Å². The smallest absolute Gasteiger partial charge is 0.292 e. The molecule has 2 heterocycles. The topological polar surface area (TPSA) is 125 Å². The van der Waals surface area contributed by atoms with Gasteiger partial charge in [0.15, 0.2) is 0 Å². The van der Waals surface area contributed by atoms with Gasteiger partial charge < -0.3 is 10.1 Å². The van der Waals surface area contributed by atoms with Crippen molar-refractivity contribution < 1.29 is 22.9 Å². The zero-order valence-electron chi connectivity index (χ0n) is 17.1. The summed E-state index contributed by atoms with van der Waals surface area (Å²) in [5.74, 6) is -0.378. The van der Waals surface area contributed by atoms with Crippen molar-refractivity contribution >= 4 is 27.5 Å². The Labute approximate surface area is 175 Å². The van der Waals surface area contributed by atoms with Crippen molar-refractivity contribution in [3.8, 4) is 0 Å². The fourth-order valence-corrected chi connectivity index (χ4v) is 5.48. The molecule has 30 heavy (non-hydrogen) atoms. The molecule has 3 rings (SSSR count). The molecular formula is C18H27N5O6S. The minimum Gasteiger partial charge on any atom is -0.373 e. The third-order valence-electron chi connectivity index (χ3n) is 5.11. The molecule has 2 atom stereocenters. The molecule has 2 saturated heterocycles. The summed E-state index contributed by atoms with van der Waals surface area (Å²) in [6.45, 7) is 5.75. The van der Waals surface area contributed by atoms with Crippen molar-refractivity contribution in [1.29, 1.82) is 0 Å². The first-order valence-corrected chi connectivity index (χ1v) is 11.2. The number of anilines is 1. The van der Waals surface area contributed by atoms with Gasteiger partial charge in [0.1, 0.15) is 5.69 Å². The second-order valence-corrected chi connectivity index (χ2v) is 9.51. The van der Waals surface area contributed by atoms with Crippen LogP contribution in [0.3, 0.4) is 0 Å². The van der Waals surface area contributed by atoms with Crippen molar-refractivity contribution in [3.05, 3.63) is 34.4 Å². The summed E-state index contributed by atoms with van der Waals surface area (Å²) in [5, 5.41) is 13.6. The van der Waals surface area contributed by atoms with Gasteiger partial charge in [-0.15, -0.1) is 0 Å². The molecule has 2 fully saturated rings. The normalized spacial score (nSPS) is 24.5. The Kier molecular flexibility index (Phi) is 7.03. The van der Waals surface area contributed by atoms with E-state index < -0.39 is 15.1 Å². The number of nitro benzene ring substituents is 1. The van der Waals surface area contributed by atoms with Gasteiger partial charge in [-0.3, -0.25) is 19.8 Å². The van der Waals surface area contributed by atoms with Crippen LogP contribution in [0.15, 0.2) is 24.3 Å². The highest BCUT2D eigenvalue weighted by atomic mass is 32.2. The molecule has 2 unspecified atom stereocenters. The molecule has 1 amide bonds. The van der Waals surface area contributed by atoms with Gasteiger partial charge in [-0.2, -0.15) is 17.0 Å². The second-order valence-electron chi connectivity index (χ2n) is 7.58. The molecule has 0 bridgehead atoms. The average Bonchev–Trinajstić information content (AvgIpc) is 2.68. The van der Waals surface area contributed by atoms with Crippen molar-refractivity contribution in [3.63, 3.8) is 0 Å². The van der Waals surface area contributed by atoms with E-state index in [-0.39, 0.29) is 49.1 Å². The molecule has 0 aliphatic carbocycles. The summed E-state index contributed by atoms with van der Waals surface area (Å²) in [6.07, 6.45) is -0.314. The van der Waals surface area contributed by atoms with Gasteiger partial charge in [0.2, 0.25) is 5.91 Å². The van der Waals surface area contributed by atoms with Gasteiger partial charge in [-0.05, 0) is 19.9 Å². The Morgan fingerprint density at radius 3 is 2.33 bits per heavy atom. The highest BCUT2D eigenvalue weighted by molar-refractivity contribution is 7.86. The molecule has 1 aromatic rings. The maximum atomic E-state index is 12.9. The first-order valence-electron chi connectivity index (χ1n) is 9.83. The number of ether oxygens (including phenoxy) is 1. The molecule has 12 heteroatoms. The molecule has 1 N–H and O–H groups in total. The number of hydrogen-bond donors (Lipinski definition) is 1. The van der Waals surface area contributed by atoms with E-state index >= 15 is 0 Å². The van der Waals surface area contributed by atoms with Gasteiger partial charge >= 0.3 is 0 Å². The van der Waals surface area contributed by atoms with Crippen LogP contribution < -0.4 is 5.32 Å². The minimum absolute atomic E-state index is 0.0333. The summed E-state index contributed by atoms with van der Waals surface area (Å²) in [5.41, 5.74) is -0.0278. The van der Waals surface area contributed by atoms with E-state index in [1.807, 2.05) is 18.7 Å². The summed E-state index contributed by atoms with van der Waals surface area (Å²) >= 11 is 0. The molecule has 0 spiro atoms. The number of amides is 1. The van der Waals surface area contributed by atoms with Crippen molar-refractivity contribution in [2.75, 3.05) is 51.1 Å². The number of carbonyl (C=O) groups excluding carboxylic acids is 1. The maximum Gasteiger partial charge on any atom is 0.292 e. The van der Waals surface area contributed by atoms with Crippen LogP contribution >= 0.6 is 0 Å². The van der Waals surface area contributed by atoms with Crippen LogP contribution in [-0.4, -0.2) is 90.8 Å². The lowest BCUT2D eigenvalue weighted by atomic mass is 10.2. The molecule has 2 aliphatic heterocycles. The quantitative estimate of drug-likeness (QED) is 0.503. The zero-order valence-corrected chi connectivity index (χ0v) is 17.9. The molecule has 11 nitrogen and oxygen atoms in total. The van der Waals surface area contributed by atoms with Crippen LogP contribution in [0.25, 0.3) is 0 Å². The number of benzene rings is 1. The molecule has 0 radical (unpaired) electrons. The largest absolute Gasteiger partial charge is 0.373 e. The molecule has 2 aliphatic rings. The van der Waals surface area contributed by atoms with E-state index in [0.29, 0.717) is 26.2 Å². The van der Waals surface area contributed by atoms with Crippen LogP contribution in [0.2, 0.25) is 0 Å². The Hall–Kier alpha value is -2.12. The Bertz CT molecular complexity index is 877. The molecule has 0 saturated carbocycles. The predicted octanol–water partition coefficient (Wildman–Crippen LogP) is 0.505. The number of nitrogens with zero attached hydrogens (tertiary/aromatic N) is 4. The van der Waals surface area contributed by atoms with Gasteiger partial charge in [0.05, 0.1) is 23.7 Å². The third kappa shape index (κ3) is 5.32. The number of hydrogen-bond acceptors (Lipinski definition) is 7. The summed E-state index contributed by atoms with van der Waals surface area (Å²) in [7, 11) is -3.58. The summed E-state index contributed by atoms with van der Waals surface area (Å²) < 4.78 is 34.4. The highest BCUT2D eigenvalue weighted by Gasteiger charge is 2.36. The van der Waals surface area contributed by atoms with Crippen LogP contribution in [-0.2, 0) is 19.7 Å². The lowest BCUT2D eigenvalue weighted by Gasteiger charge is -2.40. The number of rotatable bonds is 6. The molecule has 1 aromatic carbocycles. The summed E-state index contributed by atoms with van der Waals surface area (Å²) in [6, 6.07) is 5.94. The van der Waals surface area contributed by atoms with E-state index in [2.05, 4.69) is 5.32 Å². The number of morpholine rings is 1. The Morgan fingerprint density at radius 2 is 1.73 bits per heavy atom. The first kappa shape index (κ1) is 22.6. The van der Waals surface area contributed by atoms with Crippen LogP contribution in [0.5, 0.6) is 0 Å². The fraction of sp³-hybridized carbons (Fsp3) is 0.611. The van der Waals surface area contributed by atoms with Crippen LogP contribution in [0.4, 0.5) is 11.4 Å². The Balaban J connectivity index is 1.53. The van der Waals surface area contributed by atoms with Gasteiger partial charge in [0, 0.05) is 45.3 Å². The van der Waals surface area contributed by atoms with E-state index in [1.54, 1.807) is 6.07 Å². The average molecular weight is 442 g/mol. The monoisotopic (exact) mass is 441 g/mol. The molecule has 166 valence electrons. The lowest BCUT2D eigenvalue weighted by molar-refractivity contribution is -0.383. The fourth-order valence-electron chi connectivity index (χ4n) is 3.73. The SMILES string of the molecule is CC1CN(S(=O)(=O)N2CCN(CC(=O)Nc3ccccc3[N+](=O)[O-])CC2)CC(C)O1. The van der Waals surface area contributed by atoms with E-state index in [9.17, 15) is 23.3 Å². The van der Waals surface area contributed by atoms with Crippen LogP contribution in [0.1, 0.15) is 13.8 Å². The van der Waals surface area contributed by atoms with Gasteiger partial charge in [-0.25, -0.2) is 0 Å². The standard InChI is InChI=1S/C18H27N5O6S/c1-14-11-22(12-15(2)29-14)30(27,28)21-9-7-20(8-10-21)13-18(24)19-16-5-3-4-6-17(16)23(25)26/h3-6,14-15H,7-13H2,1-2H3,(H,19,24). The first-order chi connectivity index (χ1) is 14.2. The Morgan fingerprint density at radius 1 is 1.13 bits per heavy atom. The zero-order chi connectivity index (χ0) is 21.9. The van der Waals surface area contributed by atoms with E-state index in [1.165, 1.54) is 26.8 Å². The van der Waals surface area contributed by atoms with Crippen molar-refractivity contribution in [2.45, 2.75) is 26.1 Å². The van der Waals surface area contributed by atoms with Crippen molar-refractivity contribution in [2.24, 2.45) is 0 Å². The predicted molar refractivity (Wildman–Crippen MR) is 110 cm³/mol. The maximum absolute atomic E-state index is 12.9. The number of carbonyl (C=O) groups is 1. The number of nitrogens with one attached hydrogen (secondary N) is 1. The summed E-state index contributed by atoms with van der Waals surface area (Å²) in [4.78, 5) is 24.7. The lowest BCUT2D eigenvalue weighted by Crippen LogP contribution is -2.57. The second kappa shape index (κ2) is 9.35. The number of para-hydroxylation sites is 2. The molecular weight excluding hydrogens is 414 g/mol. The number of nitro groups is 1. The third-order valence-corrected chi connectivity index (χ3v) is 7.08. The van der Waals surface area contributed by atoms with E-state index in [0.717, 1.165) is 0 Å². The molecule has 0 aromatic heterocycles.